The third kappa shape index (κ3) is 3.68. The molecule has 1 unspecified atom stereocenters. The van der Waals surface area contributed by atoms with Crippen molar-refractivity contribution in [3.63, 3.8) is 0 Å². The Labute approximate surface area is 115 Å². The molecule has 6 nitrogen and oxygen atoms in total. The number of hydrogen-bond acceptors (Lipinski definition) is 3. The van der Waals surface area contributed by atoms with Gasteiger partial charge >= 0.3 is 5.97 Å². The minimum atomic E-state index is -1.02. The van der Waals surface area contributed by atoms with Crippen molar-refractivity contribution in [2.45, 2.75) is 12.5 Å². The molecule has 1 aliphatic heterocycles. The lowest BCUT2D eigenvalue weighted by Gasteiger charge is -2.10. The van der Waals surface area contributed by atoms with E-state index in [-0.39, 0.29) is 17.9 Å². The van der Waals surface area contributed by atoms with E-state index in [1.807, 2.05) is 0 Å². The monoisotopic (exact) mass is 274 g/mol. The predicted molar refractivity (Wildman–Crippen MR) is 72.0 cm³/mol. The lowest BCUT2D eigenvalue weighted by atomic mass is 10.1. The molecule has 20 heavy (non-hydrogen) atoms. The first-order valence-electron chi connectivity index (χ1n) is 6.13. The minimum absolute atomic E-state index is 0.0653. The van der Waals surface area contributed by atoms with Gasteiger partial charge in [-0.05, 0) is 23.8 Å². The first kappa shape index (κ1) is 13.8. The Balaban J connectivity index is 1.97. The van der Waals surface area contributed by atoms with Gasteiger partial charge in [0.25, 0.3) is 5.91 Å². The molecule has 2 rings (SSSR count). The molecule has 104 valence electrons. The molecule has 1 aromatic carbocycles. The summed E-state index contributed by atoms with van der Waals surface area (Å²) in [5.74, 6) is -1.34. The molecule has 1 heterocycles. The van der Waals surface area contributed by atoms with Crippen LogP contribution in [0.5, 0.6) is 0 Å². The van der Waals surface area contributed by atoms with Crippen molar-refractivity contribution in [3.05, 3.63) is 41.5 Å². The van der Waals surface area contributed by atoms with Crippen LogP contribution in [-0.2, 0) is 9.59 Å². The van der Waals surface area contributed by atoms with E-state index in [1.54, 1.807) is 24.3 Å². The Kier molecular flexibility index (Phi) is 4.14. The molecule has 1 aromatic rings. The molecule has 1 saturated heterocycles. The molecule has 0 saturated carbocycles. The summed E-state index contributed by atoms with van der Waals surface area (Å²) in [7, 11) is 0. The van der Waals surface area contributed by atoms with Crippen LogP contribution < -0.4 is 10.6 Å². The normalized spacial score (nSPS) is 18.0. The molecule has 6 heteroatoms. The van der Waals surface area contributed by atoms with Crippen LogP contribution >= 0.6 is 0 Å². The fraction of sp³-hybridized carbons (Fsp3) is 0.214. The maximum Gasteiger partial charge on any atom is 0.328 e. The third-order valence-corrected chi connectivity index (χ3v) is 2.90. The number of rotatable bonds is 4. The van der Waals surface area contributed by atoms with Gasteiger partial charge < -0.3 is 15.7 Å². The van der Waals surface area contributed by atoms with E-state index in [0.29, 0.717) is 24.1 Å². The summed E-state index contributed by atoms with van der Waals surface area (Å²) in [4.78, 5) is 33.3. The first-order chi connectivity index (χ1) is 9.54. The number of carboxylic acid groups (broad SMARTS) is 1. The molecule has 1 aliphatic rings. The van der Waals surface area contributed by atoms with Crippen LogP contribution in [0, 0.1) is 0 Å². The molecular formula is C14H14N2O4. The van der Waals surface area contributed by atoms with Crippen molar-refractivity contribution in [1.82, 2.24) is 10.6 Å². The van der Waals surface area contributed by atoms with Gasteiger partial charge in [-0.1, -0.05) is 12.1 Å². The van der Waals surface area contributed by atoms with Crippen LogP contribution in [0.25, 0.3) is 6.08 Å². The van der Waals surface area contributed by atoms with Gasteiger partial charge in [-0.3, -0.25) is 9.59 Å². The van der Waals surface area contributed by atoms with E-state index in [1.165, 1.54) is 6.08 Å². The highest BCUT2D eigenvalue weighted by Gasteiger charge is 2.23. The van der Waals surface area contributed by atoms with Gasteiger partial charge in [0.2, 0.25) is 5.91 Å². The smallest absolute Gasteiger partial charge is 0.328 e. The topological polar surface area (TPSA) is 95.5 Å². The molecule has 0 aromatic heterocycles. The van der Waals surface area contributed by atoms with Crippen molar-refractivity contribution < 1.29 is 19.5 Å². The number of carbonyl (C=O) groups is 3. The van der Waals surface area contributed by atoms with Gasteiger partial charge in [-0.15, -0.1) is 0 Å². The number of carboxylic acids is 1. The second-order valence-electron chi connectivity index (χ2n) is 4.47. The number of hydrogen-bond donors (Lipinski definition) is 3. The van der Waals surface area contributed by atoms with Gasteiger partial charge in [-0.2, -0.15) is 0 Å². The summed E-state index contributed by atoms with van der Waals surface area (Å²) < 4.78 is 0. The van der Waals surface area contributed by atoms with Crippen molar-refractivity contribution in [1.29, 1.82) is 0 Å². The summed E-state index contributed by atoms with van der Waals surface area (Å²) >= 11 is 0. The molecule has 0 spiro atoms. The van der Waals surface area contributed by atoms with Gasteiger partial charge in [0.15, 0.2) is 0 Å². The zero-order chi connectivity index (χ0) is 14.5. The highest BCUT2D eigenvalue weighted by molar-refractivity contribution is 5.95. The zero-order valence-corrected chi connectivity index (χ0v) is 10.6. The van der Waals surface area contributed by atoms with E-state index in [2.05, 4.69) is 10.6 Å². The average Bonchev–Trinajstić information content (AvgIpc) is 2.82. The fourth-order valence-electron chi connectivity index (χ4n) is 1.89. The highest BCUT2D eigenvalue weighted by atomic mass is 16.4. The first-order valence-corrected chi connectivity index (χ1v) is 6.13. The Hall–Kier alpha value is -2.63. The summed E-state index contributed by atoms with van der Waals surface area (Å²) in [5.41, 5.74) is 1.17. The van der Waals surface area contributed by atoms with Crippen molar-refractivity contribution in [2.75, 3.05) is 6.54 Å². The zero-order valence-electron chi connectivity index (χ0n) is 10.6. The van der Waals surface area contributed by atoms with E-state index in [0.717, 1.165) is 6.08 Å². The van der Waals surface area contributed by atoms with E-state index in [4.69, 9.17) is 5.11 Å². The second kappa shape index (κ2) is 6.01. The van der Waals surface area contributed by atoms with Gasteiger partial charge in [0, 0.05) is 24.6 Å². The van der Waals surface area contributed by atoms with Gasteiger partial charge in [0.1, 0.15) is 0 Å². The lowest BCUT2D eigenvalue weighted by molar-refractivity contribution is -0.131. The van der Waals surface area contributed by atoms with Crippen LogP contribution in [0.15, 0.2) is 30.3 Å². The Morgan fingerprint density at radius 3 is 2.55 bits per heavy atom. The van der Waals surface area contributed by atoms with Gasteiger partial charge in [-0.25, -0.2) is 4.79 Å². The van der Waals surface area contributed by atoms with Crippen LogP contribution in [-0.4, -0.2) is 35.5 Å². The average molecular weight is 274 g/mol. The van der Waals surface area contributed by atoms with Crippen molar-refractivity contribution in [2.24, 2.45) is 0 Å². The van der Waals surface area contributed by atoms with Crippen LogP contribution in [0.1, 0.15) is 22.3 Å². The van der Waals surface area contributed by atoms with E-state index in [9.17, 15) is 14.4 Å². The van der Waals surface area contributed by atoms with Gasteiger partial charge in [0.05, 0.1) is 6.04 Å². The molecular weight excluding hydrogens is 260 g/mol. The Morgan fingerprint density at radius 1 is 1.30 bits per heavy atom. The number of carbonyl (C=O) groups excluding carboxylic acids is 2. The summed E-state index contributed by atoms with van der Waals surface area (Å²) in [6.45, 7) is 0.448. The molecule has 0 aliphatic carbocycles. The van der Waals surface area contributed by atoms with Crippen molar-refractivity contribution in [3.8, 4) is 0 Å². The van der Waals surface area contributed by atoms with E-state index >= 15 is 0 Å². The Morgan fingerprint density at radius 2 is 2.00 bits per heavy atom. The minimum Gasteiger partial charge on any atom is -0.478 e. The standard InChI is InChI=1S/C14H14N2O4/c17-12-7-11(8-15-12)16-14(20)10-4-1-9(2-5-10)3-6-13(18)19/h1-6,11H,7-8H2,(H,15,17)(H,16,20)(H,18,19)/b6-3+. The maximum atomic E-state index is 11.9. The molecule has 0 radical (unpaired) electrons. The molecule has 0 bridgehead atoms. The molecule has 3 N–H and O–H groups in total. The second-order valence-corrected chi connectivity index (χ2v) is 4.47. The number of amides is 2. The Bertz CT molecular complexity index is 563. The SMILES string of the molecule is O=C(O)/C=C/c1ccc(C(=O)NC2CNC(=O)C2)cc1. The number of nitrogens with one attached hydrogen (secondary N) is 2. The number of benzene rings is 1. The summed E-state index contributed by atoms with van der Waals surface area (Å²) in [6, 6.07) is 6.36. The molecule has 2 amide bonds. The van der Waals surface area contributed by atoms with Crippen molar-refractivity contribution >= 4 is 23.9 Å². The lowest BCUT2D eigenvalue weighted by Crippen LogP contribution is -2.36. The van der Waals surface area contributed by atoms with E-state index < -0.39 is 5.97 Å². The predicted octanol–water partition coefficient (Wildman–Crippen LogP) is 0.403. The summed E-state index contributed by atoms with van der Waals surface area (Å²) in [6.07, 6.45) is 2.78. The third-order valence-electron chi connectivity index (χ3n) is 2.90. The molecule has 1 fully saturated rings. The fourth-order valence-corrected chi connectivity index (χ4v) is 1.89. The number of aliphatic carboxylic acids is 1. The maximum absolute atomic E-state index is 11.9. The largest absolute Gasteiger partial charge is 0.478 e. The quantitative estimate of drug-likeness (QED) is 0.693. The van der Waals surface area contributed by atoms with Crippen LogP contribution in [0.2, 0.25) is 0 Å². The van der Waals surface area contributed by atoms with Crippen LogP contribution in [0.3, 0.4) is 0 Å². The summed E-state index contributed by atoms with van der Waals surface area (Å²) in [5, 5.41) is 13.9. The van der Waals surface area contributed by atoms with Crippen LogP contribution in [0.4, 0.5) is 0 Å². The molecule has 1 atom stereocenters. The highest BCUT2D eigenvalue weighted by Crippen LogP contribution is 2.08.